The first-order valence-corrected chi connectivity index (χ1v) is 8.64. The van der Waals surface area contributed by atoms with E-state index in [0.29, 0.717) is 5.56 Å². The summed E-state index contributed by atoms with van der Waals surface area (Å²) < 4.78 is 60.3. The third-order valence-corrected chi connectivity index (χ3v) is 4.42. The number of carbonyl (C=O) groups excluding carboxylic acids is 1. The Morgan fingerprint density at radius 2 is 1.72 bits per heavy atom. The van der Waals surface area contributed by atoms with Crippen LogP contribution in [0.2, 0.25) is 0 Å². The fourth-order valence-corrected chi connectivity index (χ4v) is 2.70. The summed E-state index contributed by atoms with van der Waals surface area (Å²) >= 11 is 0. The highest BCUT2D eigenvalue weighted by Gasteiger charge is 2.30. The van der Waals surface area contributed by atoms with Gasteiger partial charge in [-0.2, -0.15) is 13.2 Å². The maximum atomic E-state index is 12.5. The number of hydrogen-bond acceptors (Lipinski definition) is 3. The monoisotopic (exact) mass is 372 g/mol. The van der Waals surface area contributed by atoms with Crippen LogP contribution in [0, 0.1) is 0 Å². The number of nitrogens with two attached hydrogens (primary N) is 1. The van der Waals surface area contributed by atoms with Crippen LogP contribution in [0.3, 0.4) is 0 Å². The molecule has 1 unspecified atom stereocenters. The molecule has 0 spiro atoms. The van der Waals surface area contributed by atoms with Crippen molar-refractivity contribution in [3.63, 3.8) is 0 Å². The predicted molar refractivity (Wildman–Crippen MR) is 85.1 cm³/mol. The van der Waals surface area contributed by atoms with Gasteiger partial charge in [-0.05, 0) is 48.9 Å². The zero-order chi connectivity index (χ0) is 18.8. The van der Waals surface area contributed by atoms with Crippen molar-refractivity contribution in [2.24, 2.45) is 5.14 Å². The summed E-state index contributed by atoms with van der Waals surface area (Å²) in [5, 5.41) is 7.65. The van der Waals surface area contributed by atoms with Gasteiger partial charge in [-0.3, -0.25) is 4.79 Å². The van der Waals surface area contributed by atoms with Gasteiger partial charge in [0.15, 0.2) is 0 Å². The Bertz CT molecular complexity index is 878. The van der Waals surface area contributed by atoms with E-state index >= 15 is 0 Å². The highest BCUT2D eigenvalue weighted by atomic mass is 32.2. The smallest absolute Gasteiger partial charge is 0.346 e. The summed E-state index contributed by atoms with van der Waals surface area (Å²) in [6.07, 6.45) is -4.48. The van der Waals surface area contributed by atoms with Gasteiger partial charge in [-0.15, -0.1) is 0 Å². The van der Waals surface area contributed by atoms with Gasteiger partial charge in [0.2, 0.25) is 10.0 Å². The van der Waals surface area contributed by atoms with Gasteiger partial charge in [0, 0.05) is 5.56 Å². The molecule has 2 aromatic rings. The first-order chi connectivity index (χ1) is 11.5. The number of amides is 1. The average molecular weight is 372 g/mol. The Morgan fingerprint density at radius 3 is 2.24 bits per heavy atom. The molecule has 0 aliphatic rings. The molecule has 1 atom stereocenters. The molecular weight excluding hydrogens is 357 g/mol. The van der Waals surface area contributed by atoms with E-state index in [4.69, 9.17) is 5.14 Å². The normalized spacial score (nSPS) is 13.3. The molecule has 2 aromatic carbocycles. The number of halogens is 3. The Labute approximate surface area is 142 Å². The summed E-state index contributed by atoms with van der Waals surface area (Å²) in [6, 6.07) is 8.95. The number of benzene rings is 2. The third-order valence-electron chi connectivity index (χ3n) is 3.51. The van der Waals surface area contributed by atoms with E-state index in [1.54, 1.807) is 13.0 Å². The second-order valence-electron chi connectivity index (χ2n) is 5.39. The highest BCUT2D eigenvalue weighted by Crippen LogP contribution is 2.29. The summed E-state index contributed by atoms with van der Waals surface area (Å²) in [5.74, 6) is -0.581. The number of rotatable bonds is 4. The molecule has 1 amide bonds. The number of alkyl halides is 3. The maximum Gasteiger partial charge on any atom is 0.416 e. The van der Waals surface area contributed by atoms with Crippen LogP contribution in [-0.4, -0.2) is 14.3 Å². The van der Waals surface area contributed by atoms with E-state index in [9.17, 15) is 26.4 Å². The van der Waals surface area contributed by atoms with Crippen molar-refractivity contribution in [2.45, 2.75) is 24.0 Å². The molecule has 0 fully saturated rings. The van der Waals surface area contributed by atoms with Crippen molar-refractivity contribution in [1.82, 2.24) is 5.32 Å². The van der Waals surface area contributed by atoms with Crippen LogP contribution >= 0.6 is 0 Å². The van der Waals surface area contributed by atoms with Crippen LogP contribution in [-0.2, 0) is 16.2 Å². The second kappa shape index (κ2) is 6.85. The summed E-state index contributed by atoms with van der Waals surface area (Å²) in [5.41, 5.74) is -0.299. The highest BCUT2D eigenvalue weighted by molar-refractivity contribution is 7.89. The minimum atomic E-state index is -4.48. The molecule has 0 aliphatic carbocycles. The molecule has 0 saturated carbocycles. The quantitative estimate of drug-likeness (QED) is 0.865. The minimum absolute atomic E-state index is 0.0578. The first-order valence-electron chi connectivity index (χ1n) is 7.09. The molecule has 2 rings (SSSR count). The number of nitrogens with one attached hydrogen (secondary N) is 1. The molecule has 0 heterocycles. The van der Waals surface area contributed by atoms with Crippen molar-refractivity contribution < 1.29 is 26.4 Å². The molecule has 0 bridgehead atoms. The van der Waals surface area contributed by atoms with Crippen molar-refractivity contribution in [1.29, 1.82) is 0 Å². The molecular formula is C16H15F3N2O3S. The first kappa shape index (κ1) is 18.9. The average Bonchev–Trinajstić information content (AvgIpc) is 2.53. The number of carbonyl (C=O) groups is 1. The lowest BCUT2D eigenvalue weighted by molar-refractivity contribution is -0.137. The lowest BCUT2D eigenvalue weighted by Gasteiger charge is -2.15. The molecule has 0 aliphatic heterocycles. The second-order valence-corrected chi connectivity index (χ2v) is 6.95. The lowest BCUT2D eigenvalue weighted by Crippen LogP contribution is -2.27. The van der Waals surface area contributed by atoms with Crippen LogP contribution in [0.25, 0.3) is 0 Å². The summed E-state index contributed by atoms with van der Waals surface area (Å²) in [4.78, 5) is 12.0. The predicted octanol–water partition coefficient (Wildman–Crippen LogP) is 2.84. The van der Waals surface area contributed by atoms with Gasteiger partial charge < -0.3 is 5.32 Å². The van der Waals surface area contributed by atoms with E-state index in [1.165, 1.54) is 18.2 Å². The lowest BCUT2D eigenvalue weighted by atomic mass is 10.1. The Balaban J connectivity index is 2.15. The van der Waals surface area contributed by atoms with Gasteiger partial charge in [0.25, 0.3) is 5.91 Å². The van der Waals surface area contributed by atoms with E-state index < -0.39 is 33.7 Å². The standard InChI is InChI=1S/C16H15F3N2O3S/c1-10(12-3-2-4-14(9-12)25(20,23)24)21-15(22)11-5-7-13(8-6-11)16(17,18)19/h2-10H,1H3,(H,21,22)(H2,20,23,24). The van der Waals surface area contributed by atoms with E-state index in [0.717, 1.165) is 24.3 Å². The molecule has 9 heteroatoms. The van der Waals surface area contributed by atoms with E-state index in [2.05, 4.69) is 5.32 Å². The molecule has 0 saturated heterocycles. The number of hydrogen-bond donors (Lipinski definition) is 2. The Morgan fingerprint density at radius 1 is 1.12 bits per heavy atom. The third kappa shape index (κ3) is 4.80. The molecule has 0 radical (unpaired) electrons. The number of sulfonamides is 1. The summed E-state index contributed by atoms with van der Waals surface area (Å²) in [6.45, 7) is 1.62. The number of primary sulfonamides is 1. The fourth-order valence-electron chi connectivity index (χ4n) is 2.13. The summed E-state index contributed by atoms with van der Waals surface area (Å²) in [7, 11) is -3.88. The van der Waals surface area contributed by atoms with Crippen molar-refractivity contribution >= 4 is 15.9 Å². The zero-order valence-electron chi connectivity index (χ0n) is 13.0. The minimum Gasteiger partial charge on any atom is -0.346 e. The van der Waals surface area contributed by atoms with Crippen LogP contribution in [0.15, 0.2) is 53.4 Å². The van der Waals surface area contributed by atoms with Crippen LogP contribution in [0.5, 0.6) is 0 Å². The molecule has 0 aromatic heterocycles. The zero-order valence-corrected chi connectivity index (χ0v) is 13.9. The Kier molecular flexibility index (Phi) is 5.19. The SMILES string of the molecule is CC(NC(=O)c1ccc(C(F)(F)F)cc1)c1cccc(S(N)(=O)=O)c1. The fraction of sp³-hybridized carbons (Fsp3) is 0.188. The van der Waals surface area contributed by atoms with Gasteiger partial charge in [-0.1, -0.05) is 12.1 Å². The molecule has 3 N–H and O–H groups in total. The van der Waals surface area contributed by atoms with Gasteiger partial charge in [0.05, 0.1) is 16.5 Å². The van der Waals surface area contributed by atoms with Crippen LogP contribution in [0.4, 0.5) is 13.2 Å². The molecule has 25 heavy (non-hydrogen) atoms. The molecule has 134 valence electrons. The van der Waals surface area contributed by atoms with Gasteiger partial charge >= 0.3 is 6.18 Å². The Hall–Kier alpha value is -2.39. The molecule has 5 nitrogen and oxygen atoms in total. The van der Waals surface area contributed by atoms with E-state index in [1.807, 2.05) is 0 Å². The van der Waals surface area contributed by atoms with Crippen molar-refractivity contribution in [3.8, 4) is 0 Å². The van der Waals surface area contributed by atoms with Gasteiger partial charge in [0.1, 0.15) is 0 Å². The van der Waals surface area contributed by atoms with Crippen LogP contribution < -0.4 is 10.5 Å². The van der Waals surface area contributed by atoms with E-state index in [-0.39, 0.29) is 10.5 Å². The van der Waals surface area contributed by atoms with Crippen LogP contribution in [0.1, 0.15) is 34.5 Å². The maximum absolute atomic E-state index is 12.5. The topological polar surface area (TPSA) is 89.3 Å². The largest absolute Gasteiger partial charge is 0.416 e. The van der Waals surface area contributed by atoms with Gasteiger partial charge in [-0.25, -0.2) is 13.6 Å². The van der Waals surface area contributed by atoms with Crippen molar-refractivity contribution in [3.05, 3.63) is 65.2 Å². The van der Waals surface area contributed by atoms with Crippen molar-refractivity contribution in [2.75, 3.05) is 0 Å².